The zero-order valence-corrected chi connectivity index (χ0v) is 19.8. The van der Waals surface area contributed by atoms with Crippen molar-refractivity contribution in [3.8, 4) is 5.75 Å². The molecule has 0 bridgehead atoms. The Labute approximate surface area is 208 Å². The first-order valence-corrected chi connectivity index (χ1v) is 12.2. The van der Waals surface area contributed by atoms with E-state index in [9.17, 15) is 24.3 Å². The van der Waals surface area contributed by atoms with Crippen molar-refractivity contribution in [2.45, 2.75) is 32.2 Å². The third-order valence-electron chi connectivity index (χ3n) is 8.09. The number of aromatic hydroxyl groups is 1. The van der Waals surface area contributed by atoms with Crippen LogP contribution in [0.25, 0.3) is 0 Å². The van der Waals surface area contributed by atoms with E-state index in [4.69, 9.17) is 0 Å². The molecule has 2 aromatic carbocycles. The second-order valence-corrected chi connectivity index (χ2v) is 10.0. The molecule has 6 nitrogen and oxygen atoms in total. The molecule has 1 aliphatic heterocycles. The van der Waals surface area contributed by atoms with Crippen LogP contribution in [0.4, 0.5) is 0 Å². The first kappa shape index (κ1) is 22.4. The summed E-state index contributed by atoms with van der Waals surface area (Å²) >= 11 is 0. The normalized spacial score (nSPS) is 27.4. The number of phenolic OH excluding ortho intramolecular Hbond substituents is 1. The Morgan fingerprint density at radius 1 is 0.917 bits per heavy atom. The first-order chi connectivity index (χ1) is 17.4. The van der Waals surface area contributed by atoms with Gasteiger partial charge in [-0.3, -0.25) is 24.1 Å². The number of nitrogens with zero attached hydrogens (tertiary/aromatic N) is 1. The summed E-state index contributed by atoms with van der Waals surface area (Å²) in [7, 11) is 0. The van der Waals surface area contributed by atoms with Crippen LogP contribution in [-0.2, 0) is 25.7 Å². The van der Waals surface area contributed by atoms with Crippen molar-refractivity contribution in [1.82, 2.24) is 4.90 Å². The van der Waals surface area contributed by atoms with Gasteiger partial charge in [0.15, 0.2) is 11.6 Å². The van der Waals surface area contributed by atoms with Gasteiger partial charge in [-0.1, -0.05) is 60.2 Å². The molecule has 3 aliphatic carbocycles. The van der Waals surface area contributed by atoms with E-state index in [2.05, 4.69) is 0 Å². The largest absolute Gasteiger partial charge is 0.508 e. The minimum absolute atomic E-state index is 0.0324. The van der Waals surface area contributed by atoms with E-state index < -0.39 is 23.7 Å². The predicted octanol–water partition coefficient (Wildman–Crippen LogP) is 4.02. The summed E-state index contributed by atoms with van der Waals surface area (Å²) in [6, 6.07) is 16.2. The zero-order valence-electron chi connectivity index (χ0n) is 19.8. The van der Waals surface area contributed by atoms with Crippen LogP contribution < -0.4 is 0 Å². The summed E-state index contributed by atoms with van der Waals surface area (Å²) < 4.78 is 0. The molecule has 4 atom stereocenters. The Morgan fingerprint density at radius 3 is 2.39 bits per heavy atom. The van der Waals surface area contributed by atoms with E-state index in [1.54, 1.807) is 31.2 Å². The van der Waals surface area contributed by atoms with Gasteiger partial charge in [-0.25, -0.2) is 0 Å². The van der Waals surface area contributed by atoms with Gasteiger partial charge in [0.1, 0.15) is 5.75 Å². The highest BCUT2D eigenvalue weighted by molar-refractivity contribution is 6.24. The maximum absolute atomic E-state index is 13.7. The molecule has 180 valence electrons. The van der Waals surface area contributed by atoms with E-state index in [0.717, 1.165) is 11.1 Å². The Balaban J connectivity index is 1.45. The van der Waals surface area contributed by atoms with Crippen LogP contribution in [0.3, 0.4) is 0 Å². The number of allylic oxidation sites excluding steroid dienone is 6. The molecule has 1 heterocycles. The molecule has 1 fully saturated rings. The van der Waals surface area contributed by atoms with Gasteiger partial charge in [-0.2, -0.15) is 0 Å². The van der Waals surface area contributed by atoms with E-state index >= 15 is 0 Å². The SMILES string of the molecule is CC1=CC(=O)C2=C(C1=O)C(c1ccccc1O)C1=CCC3C(=O)N(Cc4ccccc4)C(=O)C3C1C2. The molecule has 36 heavy (non-hydrogen) atoms. The summed E-state index contributed by atoms with van der Waals surface area (Å²) in [5.41, 5.74) is 3.40. The highest BCUT2D eigenvalue weighted by Gasteiger charge is 2.56. The van der Waals surface area contributed by atoms with Crippen LogP contribution >= 0.6 is 0 Å². The number of hydrogen-bond acceptors (Lipinski definition) is 5. The van der Waals surface area contributed by atoms with Crippen LogP contribution in [-0.4, -0.2) is 33.4 Å². The van der Waals surface area contributed by atoms with Gasteiger partial charge in [0, 0.05) is 28.2 Å². The minimum Gasteiger partial charge on any atom is -0.508 e. The number of carbonyl (C=O) groups is 4. The van der Waals surface area contributed by atoms with Crippen molar-refractivity contribution >= 4 is 23.4 Å². The number of Topliss-reactive ketones (excluding diaryl/α,β-unsaturated/α-hetero) is 1. The van der Waals surface area contributed by atoms with Crippen LogP contribution in [0.5, 0.6) is 5.75 Å². The number of fused-ring (bicyclic) bond motifs is 3. The minimum atomic E-state index is -0.632. The van der Waals surface area contributed by atoms with E-state index in [0.29, 0.717) is 28.7 Å². The molecule has 2 aromatic rings. The lowest BCUT2D eigenvalue weighted by molar-refractivity contribution is -0.140. The maximum atomic E-state index is 13.7. The van der Waals surface area contributed by atoms with Gasteiger partial charge in [0.05, 0.1) is 18.4 Å². The fraction of sp³-hybridized carbons (Fsp3) is 0.267. The van der Waals surface area contributed by atoms with Gasteiger partial charge in [0.25, 0.3) is 0 Å². The molecule has 0 radical (unpaired) electrons. The Morgan fingerprint density at radius 2 is 1.64 bits per heavy atom. The Kier molecular flexibility index (Phi) is 5.14. The van der Waals surface area contributed by atoms with Gasteiger partial charge in [0.2, 0.25) is 11.8 Å². The molecule has 2 amide bonds. The Hall–Kier alpha value is -4.06. The molecular formula is C30H25NO5. The maximum Gasteiger partial charge on any atom is 0.234 e. The quantitative estimate of drug-likeness (QED) is 0.408. The molecule has 0 spiro atoms. The lowest BCUT2D eigenvalue weighted by atomic mass is 9.59. The number of rotatable bonds is 3. The molecule has 4 unspecified atom stereocenters. The van der Waals surface area contributed by atoms with E-state index in [1.807, 2.05) is 36.4 Å². The van der Waals surface area contributed by atoms with Crippen LogP contribution in [0.2, 0.25) is 0 Å². The smallest absolute Gasteiger partial charge is 0.234 e. The van der Waals surface area contributed by atoms with Crippen molar-refractivity contribution in [1.29, 1.82) is 0 Å². The third kappa shape index (κ3) is 3.24. The van der Waals surface area contributed by atoms with Crippen LogP contribution in [0, 0.1) is 17.8 Å². The standard InChI is InChI=1S/C30H25NO5/c1-16-13-24(33)22-14-21-18(25(27(22)28(16)34)19-9-5-6-10-23(19)32)11-12-20-26(21)30(36)31(29(20)35)15-17-7-3-2-4-8-17/h2-11,13,20-21,25-26,32H,12,14-15H2,1H3. The highest BCUT2D eigenvalue weighted by Crippen LogP contribution is 2.56. The number of carbonyl (C=O) groups excluding carboxylic acids is 4. The van der Waals surface area contributed by atoms with Crippen molar-refractivity contribution in [3.05, 3.63) is 100 Å². The average Bonchev–Trinajstić information content (AvgIpc) is 3.12. The molecule has 1 saturated heterocycles. The van der Waals surface area contributed by atoms with E-state index in [-0.39, 0.29) is 42.1 Å². The molecule has 6 heteroatoms. The van der Waals surface area contributed by atoms with Crippen LogP contribution in [0.15, 0.2) is 89.0 Å². The number of benzene rings is 2. The molecule has 0 aromatic heterocycles. The first-order valence-electron chi connectivity index (χ1n) is 12.2. The number of imide groups is 1. The Bertz CT molecular complexity index is 1430. The lowest BCUT2D eigenvalue weighted by Gasteiger charge is -2.42. The summed E-state index contributed by atoms with van der Waals surface area (Å²) in [5, 5.41) is 10.8. The summed E-state index contributed by atoms with van der Waals surface area (Å²) in [6.45, 7) is 1.84. The van der Waals surface area contributed by atoms with Gasteiger partial charge < -0.3 is 5.11 Å². The van der Waals surface area contributed by atoms with Gasteiger partial charge >= 0.3 is 0 Å². The summed E-state index contributed by atoms with van der Waals surface area (Å²) in [6.07, 6.45) is 3.95. The fourth-order valence-corrected chi connectivity index (χ4v) is 6.44. The molecule has 0 saturated carbocycles. The number of likely N-dealkylation sites (tertiary alicyclic amines) is 1. The van der Waals surface area contributed by atoms with Gasteiger partial charge in [-0.05, 0) is 43.4 Å². The average molecular weight is 480 g/mol. The van der Waals surface area contributed by atoms with Gasteiger partial charge in [-0.15, -0.1) is 0 Å². The molecule has 4 aliphatic rings. The van der Waals surface area contributed by atoms with Crippen molar-refractivity contribution < 1.29 is 24.3 Å². The molecular weight excluding hydrogens is 454 g/mol. The zero-order chi connectivity index (χ0) is 25.1. The number of amides is 2. The lowest BCUT2D eigenvalue weighted by Crippen LogP contribution is -2.39. The fourth-order valence-electron chi connectivity index (χ4n) is 6.44. The second-order valence-electron chi connectivity index (χ2n) is 10.0. The predicted molar refractivity (Wildman–Crippen MR) is 131 cm³/mol. The van der Waals surface area contributed by atoms with Crippen molar-refractivity contribution in [2.24, 2.45) is 17.8 Å². The van der Waals surface area contributed by atoms with E-state index in [1.165, 1.54) is 11.0 Å². The molecule has 6 rings (SSSR count). The monoisotopic (exact) mass is 479 g/mol. The number of hydrogen-bond donors (Lipinski definition) is 1. The summed E-state index contributed by atoms with van der Waals surface area (Å²) in [4.78, 5) is 54.9. The number of ketones is 2. The number of para-hydroxylation sites is 1. The van der Waals surface area contributed by atoms with Crippen LogP contribution in [0.1, 0.15) is 36.8 Å². The van der Waals surface area contributed by atoms with Crippen molar-refractivity contribution in [3.63, 3.8) is 0 Å². The third-order valence-corrected chi connectivity index (χ3v) is 8.09. The number of phenols is 1. The topological polar surface area (TPSA) is 91.8 Å². The van der Waals surface area contributed by atoms with Crippen molar-refractivity contribution in [2.75, 3.05) is 0 Å². The highest BCUT2D eigenvalue weighted by atomic mass is 16.3. The molecule has 1 N–H and O–H groups in total. The summed E-state index contributed by atoms with van der Waals surface area (Å²) in [5.74, 6) is -2.95. The second kappa shape index (κ2) is 8.26.